The first-order valence-corrected chi connectivity index (χ1v) is 7.17. The van der Waals surface area contributed by atoms with E-state index in [1.165, 1.54) is 6.07 Å². The third-order valence-electron chi connectivity index (χ3n) is 4.69. The van der Waals surface area contributed by atoms with Gasteiger partial charge in [0, 0.05) is 27.5 Å². The van der Waals surface area contributed by atoms with Crippen molar-refractivity contribution in [2.24, 2.45) is 0 Å². The number of aromatic hydroxyl groups is 1. The molecule has 0 heterocycles. The average Bonchev–Trinajstić information content (AvgIpc) is 2.74. The fourth-order valence-electron chi connectivity index (χ4n) is 3.67. The van der Waals surface area contributed by atoms with E-state index >= 15 is 0 Å². The Balaban J connectivity index is 2.32. The van der Waals surface area contributed by atoms with E-state index in [9.17, 15) is 13.9 Å². The minimum absolute atomic E-state index is 0.362. The third-order valence-corrected chi connectivity index (χ3v) is 4.69. The van der Waals surface area contributed by atoms with Crippen molar-refractivity contribution in [1.29, 1.82) is 0 Å². The molecule has 1 aliphatic rings. The Morgan fingerprint density at radius 1 is 0.864 bits per heavy atom. The zero-order valence-corrected chi connectivity index (χ0v) is 12.2. The summed E-state index contributed by atoms with van der Waals surface area (Å²) in [5.41, 5.74) is 1.42. The molecule has 0 radical (unpaired) electrons. The van der Waals surface area contributed by atoms with Gasteiger partial charge in [-0.2, -0.15) is 0 Å². The highest BCUT2D eigenvalue weighted by molar-refractivity contribution is 6.05. The molecule has 3 heteroatoms. The second kappa shape index (κ2) is 4.07. The maximum atomic E-state index is 14.9. The minimum Gasteiger partial charge on any atom is -0.504 e. The van der Waals surface area contributed by atoms with E-state index in [4.69, 9.17) is 0 Å². The number of halogens is 2. The number of phenols is 1. The normalized spacial score (nSPS) is 14.9. The molecule has 4 rings (SSSR count). The molecule has 1 N–H and O–H groups in total. The second-order valence-corrected chi connectivity index (χ2v) is 6.25. The Labute approximate surface area is 126 Å². The predicted molar refractivity (Wildman–Crippen MR) is 83.1 cm³/mol. The van der Waals surface area contributed by atoms with E-state index in [0.29, 0.717) is 27.5 Å². The van der Waals surface area contributed by atoms with Gasteiger partial charge in [-0.1, -0.05) is 50.2 Å². The standard InChI is InChI=1S/C19H14F2O/c1-19(2)12-8-5-9-13(20)15(12)14-10-6-3-4-7-11(10)18(22)17(21)16(14)19/h3-9,22H,1-2H3. The van der Waals surface area contributed by atoms with Gasteiger partial charge in [-0.15, -0.1) is 0 Å². The lowest BCUT2D eigenvalue weighted by Crippen LogP contribution is -2.17. The minimum atomic E-state index is -0.696. The van der Waals surface area contributed by atoms with Gasteiger partial charge >= 0.3 is 0 Å². The number of hydrogen-bond donors (Lipinski definition) is 1. The van der Waals surface area contributed by atoms with Crippen molar-refractivity contribution >= 4 is 10.8 Å². The quantitative estimate of drug-likeness (QED) is 0.609. The molecule has 110 valence electrons. The van der Waals surface area contributed by atoms with Crippen LogP contribution < -0.4 is 0 Å². The van der Waals surface area contributed by atoms with E-state index in [1.807, 2.05) is 26.0 Å². The fraction of sp³-hybridized carbons (Fsp3) is 0.158. The van der Waals surface area contributed by atoms with Crippen molar-refractivity contribution < 1.29 is 13.9 Å². The Bertz CT molecular complexity index is 942. The Hall–Kier alpha value is -2.42. The number of fused-ring (bicyclic) bond motifs is 5. The van der Waals surface area contributed by atoms with Gasteiger partial charge in [-0.25, -0.2) is 8.78 Å². The summed E-state index contributed by atoms with van der Waals surface area (Å²) in [6.45, 7) is 3.71. The molecule has 0 aromatic heterocycles. The topological polar surface area (TPSA) is 20.2 Å². The molecule has 0 saturated carbocycles. The van der Waals surface area contributed by atoms with Gasteiger partial charge in [-0.3, -0.25) is 0 Å². The molecule has 0 spiro atoms. The van der Waals surface area contributed by atoms with Crippen LogP contribution in [0.2, 0.25) is 0 Å². The second-order valence-electron chi connectivity index (χ2n) is 6.25. The van der Waals surface area contributed by atoms with E-state index < -0.39 is 11.2 Å². The fourth-order valence-corrected chi connectivity index (χ4v) is 3.67. The predicted octanol–water partition coefficient (Wildman–Crippen LogP) is 5.13. The van der Waals surface area contributed by atoms with Crippen molar-refractivity contribution in [2.75, 3.05) is 0 Å². The van der Waals surface area contributed by atoms with Crippen molar-refractivity contribution in [1.82, 2.24) is 0 Å². The monoisotopic (exact) mass is 296 g/mol. The molecule has 22 heavy (non-hydrogen) atoms. The highest BCUT2D eigenvalue weighted by atomic mass is 19.1. The maximum Gasteiger partial charge on any atom is 0.170 e. The number of hydrogen-bond acceptors (Lipinski definition) is 1. The van der Waals surface area contributed by atoms with Crippen LogP contribution in [0, 0.1) is 11.6 Å². The Morgan fingerprint density at radius 2 is 1.55 bits per heavy atom. The smallest absolute Gasteiger partial charge is 0.170 e. The molecule has 0 atom stereocenters. The van der Waals surface area contributed by atoms with E-state index in [1.54, 1.807) is 24.3 Å². The highest BCUT2D eigenvalue weighted by Crippen LogP contribution is 2.55. The Morgan fingerprint density at radius 3 is 2.27 bits per heavy atom. The van der Waals surface area contributed by atoms with E-state index in [-0.39, 0.29) is 11.6 Å². The van der Waals surface area contributed by atoms with Crippen LogP contribution in [0.1, 0.15) is 25.0 Å². The third kappa shape index (κ3) is 1.41. The van der Waals surface area contributed by atoms with Crippen molar-refractivity contribution in [3.8, 4) is 16.9 Å². The van der Waals surface area contributed by atoms with Crippen LogP contribution in [-0.4, -0.2) is 5.11 Å². The van der Waals surface area contributed by atoms with Gasteiger partial charge in [0.1, 0.15) is 5.82 Å². The summed E-state index contributed by atoms with van der Waals surface area (Å²) in [5, 5.41) is 11.3. The summed E-state index contributed by atoms with van der Waals surface area (Å²) in [5.74, 6) is -1.38. The van der Waals surface area contributed by atoms with Gasteiger partial charge < -0.3 is 5.11 Å². The van der Waals surface area contributed by atoms with Gasteiger partial charge in [0.25, 0.3) is 0 Å². The Kier molecular flexibility index (Phi) is 2.45. The molecule has 1 nitrogen and oxygen atoms in total. The maximum absolute atomic E-state index is 14.9. The van der Waals surface area contributed by atoms with Gasteiger partial charge in [-0.05, 0) is 17.0 Å². The van der Waals surface area contributed by atoms with E-state index in [0.717, 1.165) is 5.56 Å². The largest absolute Gasteiger partial charge is 0.504 e. The molecular weight excluding hydrogens is 282 g/mol. The summed E-state index contributed by atoms with van der Waals surface area (Å²) in [6.07, 6.45) is 0. The molecule has 3 aromatic rings. The van der Waals surface area contributed by atoms with Crippen LogP contribution in [0.15, 0.2) is 42.5 Å². The zero-order valence-electron chi connectivity index (χ0n) is 12.2. The van der Waals surface area contributed by atoms with Crippen LogP contribution in [0.3, 0.4) is 0 Å². The van der Waals surface area contributed by atoms with Crippen LogP contribution in [-0.2, 0) is 5.41 Å². The highest BCUT2D eigenvalue weighted by Gasteiger charge is 2.41. The number of phenolic OH excluding ortho intramolecular Hbond substituents is 1. The molecule has 3 aromatic carbocycles. The van der Waals surface area contributed by atoms with Crippen molar-refractivity contribution in [3.63, 3.8) is 0 Å². The first-order chi connectivity index (χ1) is 10.4. The number of benzene rings is 3. The summed E-state index contributed by atoms with van der Waals surface area (Å²) >= 11 is 0. The number of rotatable bonds is 0. The van der Waals surface area contributed by atoms with Gasteiger partial charge in [0.2, 0.25) is 0 Å². The van der Waals surface area contributed by atoms with Crippen LogP contribution in [0.25, 0.3) is 21.9 Å². The summed E-state index contributed by atoms with van der Waals surface area (Å²) in [4.78, 5) is 0. The molecular formula is C19H14F2O. The first-order valence-electron chi connectivity index (χ1n) is 7.17. The van der Waals surface area contributed by atoms with Crippen LogP contribution >= 0.6 is 0 Å². The summed E-state index contributed by atoms with van der Waals surface area (Å²) < 4.78 is 29.3. The molecule has 0 aliphatic heterocycles. The average molecular weight is 296 g/mol. The molecule has 0 saturated heterocycles. The molecule has 1 aliphatic carbocycles. The van der Waals surface area contributed by atoms with Crippen molar-refractivity contribution in [3.05, 3.63) is 65.2 Å². The lowest BCUT2D eigenvalue weighted by Gasteiger charge is -2.22. The van der Waals surface area contributed by atoms with Crippen LogP contribution in [0.4, 0.5) is 8.78 Å². The lowest BCUT2D eigenvalue weighted by molar-refractivity contribution is 0.428. The summed E-state index contributed by atoms with van der Waals surface area (Å²) in [6, 6.07) is 11.8. The van der Waals surface area contributed by atoms with Gasteiger partial charge in [0.05, 0.1) is 0 Å². The SMILES string of the molecule is CC1(C)c2cccc(F)c2-c2c1c(F)c(O)c1ccccc21. The van der Waals surface area contributed by atoms with Crippen molar-refractivity contribution in [2.45, 2.75) is 19.3 Å². The van der Waals surface area contributed by atoms with Crippen LogP contribution in [0.5, 0.6) is 5.75 Å². The first kappa shape index (κ1) is 13.3. The van der Waals surface area contributed by atoms with E-state index in [2.05, 4.69) is 0 Å². The molecule has 0 amide bonds. The molecule has 0 fully saturated rings. The molecule has 0 unspecified atom stereocenters. The van der Waals surface area contributed by atoms with Gasteiger partial charge in [0.15, 0.2) is 11.6 Å². The summed E-state index contributed by atoms with van der Waals surface area (Å²) in [7, 11) is 0. The zero-order chi connectivity index (χ0) is 15.6. The lowest BCUT2D eigenvalue weighted by atomic mass is 9.81. The molecule has 0 bridgehead atoms.